The number of hydrazine groups is 1. The fourth-order valence-electron chi connectivity index (χ4n) is 3.77. The summed E-state index contributed by atoms with van der Waals surface area (Å²) in [4.78, 5) is 26.3. The molecule has 0 aromatic heterocycles. The van der Waals surface area contributed by atoms with E-state index < -0.39 is 6.17 Å². The molecule has 5 nitrogen and oxygen atoms in total. The lowest BCUT2D eigenvalue weighted by atomic mass is 10.0. The van der Waals surface area contributed by atoms with Crippen molar-refractivity contribution in [2.45, 2.75) is 6.17 Å². The molecule has 0 unspecified atom stereocenters. The van der Waals surface area contributed by atoms with E-state index in [2.05, 4.69) is 33.3 Å². The van der Waals surface area contributed by atoms with Crippen LogP contribution in [-0.2, 0) is 0 Å². The van der Waals surface area contributed by atoms with Gasteiger partial charge in [-0.05, 0) is 75.3 Å². The number of nitrogens with one attached hydrogen (secondary N) is 2. The number of carbonyl (C=O) groups excluding carboxylic acids is 2. The molecular formula is C25H18IN3O2. The van der Waals surface area contributed by atoms with Gasteiger partial charge in [-0.15, -0.1) is 0 Å². The molecule has 4 aromatic carbocycles. The minimum atomic E-state index is -0.544. The van der Waals surface area contributed by atoms with Crippen molar-refractivity contribution in [1.29, 1.82) is 0 Å². The summed E-state index contributed by atoms with van der Waals surface area (Å²) in [5.74, 6) is -0.592. The molecule has 0 saturated carbocycles. The van der Waals surface area contributed by atoms with Gasteiger partial charge in [0.25, 0.3) is 11.8 Å². The molecule has 31 heavy (non-hydrogen) atoms. The monoisotopic (exact) mass is 519 g/mol. The molecule has 0 bridgehead atoms. The Morgan fingerprint density at radius 1 is 0.871 bits per heavy atom. The number of fused-ring (bicyclic) bond motifs is 2. The highest BCUT2D eigenvalue weighted by molar-refractivity contribution is 14.1. The first-order chi connectivity index (χ1) is 15.1. The van der Waals surface area contributed by atoms with Gasteiger partial charge in [-0.25, -0.2) is 5.01 Å². The number of hydrogen-bond donors (Lipinski definition) is 2. The first-order valence-electron chi connectivity index (χ1n) is 9.84. The van der Waals surface area contributed by atoms with E-state index in [-0.39, 0.29) is 11.8 Å². The molecule has 1 aliphatic rings. The largest absolute Gasteiger partial charge is 0.359 e. The van der Waals surface area contributed by atoms with Gasteiger partial charge in [0.05, 0.1) is 5.56 Å². The maximum absolute atomic E-state index is 13.5. The maximum Gasteiger partial charge on any atom is 0.276 e. The van der Waals surface area contributed by atoms with Crippen molar-refractivity contribution >= 4 is 50.9 Å². The van der Waals surface area contributed by atoms with E-state index in [1.54, 1.807) is 24.3 Å². The molecule has 5 rings (SSSR count). The SMILES string of the molecule is O=C(NN1C(=O)c2cc(I)ccc2N[C@H]1c1ccc2ccccc2c1)c1ccccc1. The average molecular weight is 519 g/mol. The first-order valence-corrected chi connectivity index (χ1v) is 10.9. The van der Waals surface area contributed by atoms with E-state index in [4.69, 9.17) is 0 Å². The third-order valence-corrected chi connectivity index (χ3v) is 6.00. The van der Waals surface area contributed by atoms with Crippen LogP contribution in [0.3, 0.4) is 0 Å². The Balaban J connectivity index is 1.58. The molecule has 4 aromatic rings. The molecule has 0 aliphatic carbocycles. The smallest absolute Gasteiger partial charge is 0.276 e. The molecule has 1 heterocycles. The highest BCUT2D eigenvalue weighted by Crippen LogP contribution is 2.34. The molecule has 1 atom stereocenters. The molecule has 0 spiro atoms. The summed E-state index contributed by atoms with van der Waals surface area (Å²) in [7, 11) is 0. The van der Waals surface area contributed by atoms with Gasteiger partial charge >= 0.3 is 0 Å². The van der Waals surface area contributed by atoms with Crippen LogP contribution in [0.4, 0.5) is 5.69 Å². The maximum atomic E-state index is 13.5. The number of anilines is 1. The fourth-order valence-corrected chi connectivity index (χ4v) is 4.26. The second-order valence-corrected chi connectivity index (χ2v) is 8.57. The quantitative estimate of drug-likeness (QED) is 0.359. The van der Waals surface area contributed by atoms with Crippen LogP contribution in [0.25, 0.3) is 10.8 Å². The van der Waals surface area contributed by atoms with E-state index in [0.717, 1.165) is 25.6 Å². The van der Waals surface area contributed by atoms with Gasteiger partial charge in [-0.3, -0.25) is 15.0 Å². The van der Waals surface area contributed by atoms with Crippen molar-refractivity contribution in [3.63, 3.8) is 0 Å². The highest BCUT2D eigenvalue weighted by Gasteiger charge is 2.34. The third-order valence-electron chi connectivity index (χ3n) is 5.33. The second kappa shape index (κ2) is 8.03. The van der Waals surface area contributed by atoms with Gasteiger partial charge in [-0.2, -0.15) is 0 Å². The minimum absolute atomic E-state index is 0.255. The van der Waals surface area contributed by atoms with Crippen molar-refractivity contribution in [2.24, 2.45) is 0 Å². The predicted molar refractivity (Wildman–Crippen MR) is 130 cm³/mol. The van der Waals surface area contributed by atoms with E-state index in [9.17, 15) is 9.59 Å². The Morgan fingerprint density at radius 2 is 1.61 bits per heavy atom. The van der Waals surface area contributed by atoms with Gasteiger partial charge in [0.1, 0.15) is 6.17 Å². The van der Waals surface area contributed by atoms with Crippen molar-refractivity contribution in [2.75, 3.05) is 5.32 Å². The van der Waals surface area contributed by atoms with Crippen LogP contribution in [0, 0.1) is 3.57 Å². The topological polar surface area (TPSA) is 61.4 Å². The molecule has 2 N–H and O–H groups in total. The standard InChI is InChI=1S/C25H18IN3O2/c26-20-12-13-22-21(15-20)25(31)29(28-24(30)17-7-2-1-3-8-17)23(27-22)19-11-10-16-6-4-5-9-18(16)14-19/h1-15,23,27H,(H,28,30)/t23-/m1/s1. The normalized spacial score (nSPS) is 15.3. The number of rotatable bonds is 3. The van der Waals surface area contributed by atoms with Gasteiger partial charge in [-0.1, -0.05) is 54.6 Å². The highest BCUT2D eigenvalue weighted by atomic mass is 127. The third kappa shape index (κ3) is 3.74. The van der Waals surface area contributed by atoms with Crippen LogP contribution in [0.5, 0.6) is 0 Å². The molecule has 0 fully saturated rings. The Hall–Kier alpha value is -3.39. The molecule has 2 amide bonds. The summed E-state index contributed by atoms with van der Waals surface area (Å²) in [6.45, 7) is 0. The summed E-state index contributed by atoms with van der Waals surface area (Å²) >= 11 is 2.18. The summed E-state index contributed by atoms with van der Waals surface area (Å²) in [6.07, 6.45) is -0.544. The van der Waals surface area contributed by atoms with Gasteiger partial charge in [0, 0.05) is 14.8 Å². The van der Waals surface area contributed by atoms with Crippen LogP contribution in [0.15, 0.2) is 91.0 Å². The Kier molecular flexibility index (Phi) is 5.07. The van der Waals surface area contributed by atoms with E-state index >= 15 is 0 Å². The van der Waals surface area contributed by atoms with E-state index in [0.29, 0.717) is 11.1 Å². The number of hydrogen-bond acceptors (Lipinski definition) is 3. The van der Waals surface area contributed by atoms with Gasteiger partial charge < -0.3 is 5.32 Å². The van der Waals surface area contributed by atoms with Gasteiger partial charge in [0.15, 0.2) is 0 Å². The van der Waals surface area contributed by atoms with Crippen molar-refractivity contribution < 1.29 is 9.59 Å². The summed E-state index contributed by atoms with van der Waals surface area (Å²) in [5.41, 5.74) is 5.46. The second-order valence-electron chi connectivity index (χ2n) is 7.33. The fraction of sp³-hybridized carbons (Fsp3) is 0.0400. The zero-order valence-electron chi connectivity index (χ0n) is 16.4. The first kappa shape index (κ1) is 19.6. The average Bonchev–Trinajstić information content (AvgIpc) is 2.81. The minimum Gasteiger partial charge on any atom is -0.359 e. The number of benzene rings is 4. The van der Waals surface area contributed by atoms with Gasteiger partial charge in [0.2, 0.25) is 0 Å². The van der Waals surface area contributed by atoms with Crippen LogP contribution >= 0.6 is 22.6 Å². The van der Waals surface area contributed by atoms with E-state index in [1.807, 2.05) is 66.7 Å². The van der Waals surface area contributed by atoms with Crippen LogP contribution in [0.2, 0.25) is 0 Å². The van der Waals surface area contributed by atoms with Crippen LogP contribution in [-0.4, -0.2) is 16.8 Å². The lowest BCUT2D eigenvalue weighted by molar-refractivity contribution is 0.0491. The number of nitrogens with zero attached hydrogens (tertiary/aromatic N) is 1. The van der Waals surface area contributed by atoms with Crippen molar-refractivity contribution in [1.82, 2.24) is 10.4 Å². The molecular weight excluding hydrogens is 501 g/mol. The molecule has 152 valence electrons. The number of amides is 2. The molecule has 6 heteroatoms. The lowest BCUT2D eigenvalue weighted by Gasteiger charge is -2.38. The number of carbonyl (C=O) groups is 2. The lowest BCUT2D eigenvalue weighted by Crippen LogP contribution is -2.52. The molecule has 1 aliphatic heterocycles. The van der Waals surface area contributed by atoms with Crippen molar-refractivity contribution in [3.05, 3.63) is 111 Å². The zero-order chi connectivity index (χ0) is 21.4. The molecule has 0 radical (unpaired) electrons. The molecule has 0 saturated heterocycles. The summed E-state index contributed by atoms with van der Waals surface area (Å²) in [5, 5.41) is 7.00. The predicted octanol–water partition coefficient (Wildman–Crippen LogP) is 5.36. The summed E-state index contributed by atoms with van der Waals surface area (Å²) in [6, 6.07) is 28.7. The van der Waals surface area contributed by atoms with Crippen LogP contribution < -0.4 is 10.7 Å². The Morgan fingerprint density at radius 3 is 2.42 bits per heavy atom. The van der Waals surface area contributed by atoms with Crippen LogP contribution in [0.1, 0.15) is 32.4 Å². The summed E-state index contributed by atoms with van der Waals surface area (Å²) < 4.78 is 0.949. The van der Waals surface area contributed by atoms with Crippen molar-refractivity contribution in [3.8, 4) is 0 Å². The van der Waals surface area contributed by atoms with E-state index in [1.165, 1.54) is 5.01 Å². The zero-order valence-corrected chi connectivity index (χ0v) is 18.5. The Labute approximate surface area is 193 Å². The number of halogens is 1. The Bertz CT molecular complexity index is 1310.